The Morgan fingerprint density at radius 2 is 2.44 bits per heavy atom. The third-order valence-electron chi connectivity index (χ3n) is 2.35. The summed E-state index contributed by atoms with van der Waals surface area (Å²) >= 11 is 0. The molecule has 1 heterocycles. The van der Waals surface area contributed by atoms with Crippen LogP contribution in [-0.4, -0.2) is 50.2 Å². The highest BCUT2D eigenvalue weighted by molar-refractivity contribution is 5.45. The standard InChI is InChI=1S/C12H20N2O2/c1-11(2)4-3-5-14-6-7-16-12(9-14)8-13-10-15/h10-12H,5-9H2,1-2H3,(H,13,15). The van der Waals surface area contributed by atoms with Gasteiger partial charge in [0.2, 0.25) is 6.41 Å². The van der Waals surface area contributed by atoms with Crippen molar-refractivity contribution in [3.8, 4) is 11.8 Å². The first-order chi connectivity index (χ1) is 7.72. The summed E-state index contributed by atoms with van der Waals surface area (Å²) in [5.41, 5.74) is 0. The lowest BCUT2D eigenvalue weighted by molar-refractivity contribution is -0.110. The Labute approximate surface area is 97.3 Å². The molecule has 0 aliphatic carbocycles. The molecule has 0 aromatic rings. The first-order valence-electron chi connectivity index (χ1n) is 5.71. The highest BCUT2D eigenvalue weighted by Gasteiger charge is 2.18. The molecule has 1 saturated heterocycles. The maximum absolute atomic E-state index is 10.2. The summed E-state index contributed by atoms with van der Waals surface area (Å²) in [5, 5.41) is 2.64. The largest absolute Gasteiger partial charge is 0.374 e. The predicted octanol–water partition coefficient (Wildman–Crippen LogP) is 0.0926. The molecule has 4 nitrogen and oxygen atoms in total. The van der Waals surface area contributed by atoms with Crippen LogP contribution < -0.4 is 5.32 Å². The van der Waals surface area contributed by atoms with Crippen molar-refractivity contribution in [3.63, 3.8) is 0 Å². The Bertz CT molecular complexity index is 268. The molecule has 4 heteroatoms. The minimum atomic E-state index is 0.0970. The minimum absolute atomic E-state index is 0.0970. The van der Waals surface area contributed by atoms with E-state index in [2.05, 4.69) is 35.9 Å². The van der Waals surface area contributed by atoms with Crippen LogP contribution in [0.15, 0.2) is 0 Å². The number of amides is 1. The van der Waals surface area contributed by atoms with Gasteiger partial charge in [0.15, 0.2) is 0 Å². The van der Waals surface area contributed by atoms with Crippen LogP contribution >= 0.6 is 0 Å². The summed E-state index contributed by atoms with van der Waals surface area (Å²) in [7, 11) is 0. The van der Waals surface area contributed by atoms with E-state index < -0.39 is 0 Å². The molecule has 1 atom stereocenters. The monoisotopic (exact) mass is 224 g/mol. The molecule has 1 fully saturated rings. The van der Waals surface area contributed by atoms with Crippen molar-refractivity contribution in [2.45, 2.75) is 20.0 Å². The van der Waals surface area contributed by atoms with E-state index in [0.717, 1.165) is 19.6 Å². The summed E-state index contributed by atoms with van der Waals surface area (Å²) in [6, 6.07) is 0. The zero-order valence-corrected chi connectivity index (χ0v) is 10.0. The van der Waals surface area contributed by atoms with E-state index in [0.29, 0.717) is 25.5 Å². The highest BCUT2D eigenvalue weighted by Crippen LogP contribution is 2.03. The van der Waals surface area contributed by atoms with E-state index in [9.17, 15) is 4.79 Å². The topological polar surface area (TPSA) is 41.6 Å². The molecule has 0 spiro atoms. The maximum atomic E-state index is 10.2. The zero-order chi connectivity index (χ0) is 11.8. The molecule has 1 rings (SSSR count). The van der Waals surface area contributed by atoms with Gasteiger partial charge < -0.3 is 10.1 Å². The van der Waals surface area contributed by atoms with Crippen LogP contribution in [0.3, 0.4) is 0 Å². The molecule has 1 aliphatic rings. The number of rotatable bonds is 4. The Morgan fingerprint density at radius 1 is 1.62 bits per heavy atom. The SMILES string of the molecule is CC(C)C#CCN1CCOC(CNC=O)C1. The van der Waals surface area contributed by atoms with Gasteiger partial charge in [-0.15, -0.1) is 0 Å². The van der Waals surface area contributed by atoms with Gasteiger partial charge in [-0.05, 0) is 0 Å². The first-order valence-corrected chi connectivity index (χ1v) is 5.71. The van der Waals surface area contributed by atoms with Gasteiger partial charge in [-0.1, -0.05) is 25.7 Å². The van der Waals surface area contributed by atoms with Crippen LogP contribution in [-0.2, 0) is 9.53 Å². The van der Waals surface area contributed by atoms with Crippen molar-refractivity contribution in [1.82, 2.24) is 10.2 Å². The van der Waals surface area contributed by atoms with Crippen molar-refractivity contribution in [2.75, 3.05) is 32.8 Å². The van der Waals surface area contributed by atoms with E-state index in [4.69, 9.17) is 4.74 Å². The van der Waals surface area contributed by atoms with Crippen LogP contribution in [0, 0.1) is 17.8 Å². The summed E-state index contributed by atoms with van der Waals surface area (Å²) in [6.45, 7) is 8.02. The molecule has 90 valence electrons. The third kappa shape index (κ3) is 5.15. The second kappa shape index (κ2) is 7.26. The molecule has 1 N–H and O–H groups in total. The number of hydrogen-bond donors (Lipinski definition) is 1. The van der Waals surface area contributed by atoms with Crippen LogP contribution in [0.25, 0.3) is 0 Å². The number of nitrogens with one attached hydrogen (secondary N) is 1. The molecule has 1 aliphatic heterocycles. The molecule has 0 aromatic heterocycles. The van der Waals surface area contributed by atoms with Crippen molar-refractivity contribution < 1.29 is 9.53 Å². The average molecular weight is 224 g/mol. The zero-order valence-electron chi connectivity index (χ0n) is 10.0. The fraction of sp³-hybridized carbons (Fsp3) is 0.750. The van der Waals surface area contributed by atoms with Crippen LogP contribution in [0.2, 0.25) is 0 Å². The second-order valence-corrected chi connectivity index (χ2v) is 4.23. The van der Waals surface area contributed by atoms with Crippen molar-refractivity contribution in [2.24, 2.45) is 5.92 Å². The third-order valence-corrected chi connectivity index (χ3v) is 2.35. The van der Waals surface area contributed by atoms with Gasteiger partial charge in [-0.25, -0.2) is 0 Å². The molecule has 0 bridgehead atoms. The molecule has 0 aromatic carbocycles. The fourth-order valence-electron chi connectivity index (χ4n) is 1.59. The first kappa shape index (κ1) is 13.0. The van der Waals surface area contributed by atoms with Crippen LogP contribution in [0.1, 0.15) is 13.8 Å². The number of nitrogens with zero attached hydrogens (tertiary/aromatic N) is 1. The Morgan fingerprint density at radius 3 is 3.12 bits per heavy atom. The van der Waals surface area contributed by atoms with Crippen molar-refractivity contribution in [3.05, 3.63) is 0 Å². The maximum Gasteiger partial charge on any atom is 0.207 e. The van der Waals surface area contributed by atoms with Gasteiger partial charge in [0.25, 0.3) is 0 Å². The number of carbonyl (C=O) groups excluding carboxylic acids is 1. The van der Waals surface area contributed by atoms with E-state index >= 15 is 0 Å². The van der Waals surface area contributed by atoms with E-state index in [1.165, 1.54) is 0 Å². The molecule has 0 saturated carbocycles. The number of carbonyl (C=O) groups is 1. The summed E-state index contributed by atoms with van der Waals surface area (Å²) < 4.78 is 5.53. The number of ether oxygens (including phenoxy) is 1. The van der Waals surface area contributed by atoms with Crippen LogP contribution in [0.4, 0.5) is 0 Å². The lowest BCUT2D eigenvalue weighted by atomic mass is 10.2. The summed E-state index contributed by atoms with van der Waals surface area (Å²) in [4.78, 5) is 12.4. The van der Waals surface area contributed by atoms with E-state index in [1.54, 1.807) is 0 Å². The van der Waals surface area contributed by atoms with Gasteiger partial charge in [-0.2, -0.15) is 0 Å². The Balaban J connectivity index is 2.28. The summed E-state index contributed by atoms with van der Waals surface area (Å²) in [6.07, 6.45) is 0.806. The quantitative estimate of drug-likeness (QED) is 0.543. The van der Waals surface area contributed by atoms with Crippen molar-refractivity contribution >= 4 is 6.41 Å². The lowest BCUT2D eigenvalue weighted by Gasteiger charge is -2.31. The molecule has 16 heavy (non-hydrogen) atoms. The lowest BCUT2D eigenvalue weighted by Crippen LogP contribution is -2.46. The molecular weight excluding hydrogens is 204 g/mol. The normalized spacial score (nSPS) is 21.3. The molecular formula is C12H20N2O2. The van der Waals surface area contributed by atoms with Gasteiger partial charge in [0.1, 0.15) is 0 Å². The minimum Gasteiger partial charge on any atom is -0.374 e. The smallest absolute Gasteiger partial charge is 0.207 e. The van der Waals surface area contributed by atoms with E-state index in [-0.39, 0.29) is 6.10 Å². The molecule has 1 unspecified atom stereocenters. The fourth-order valence-corrected chi connectivity index (χ4v) is 1.59. The Kier molecular flexibility index (Phi) is 5.91. The number of hydrogen-bond acceptors (Lipinski definition) is 3. The van der Waals surface area contributed by atoms with Gasteiger partial charge >= 0.3 is 0 Å². The van der Waals surface area contributed by atoms with Crippen LogP contribution in [0.5, 0.6) is 0 Å². The van der Waals surface area contributed by atoms with Gasteiger partial charge in [0, 0.05) is 25.6 Å². The molecule has 1 amide bonds. The van der Waals surface area contributed by atoms with Gasteiger partial charge in [-0.3, -0.25) is 9.69 Å². The predicted molar refractivity (Wildman–Crippen MR) is 62.9 cm³/mol. The molecule has 0 radical (unpaired) electrons. The second-order valence-electron chi connectivity index (χ2n) is 4.23. The summed E-state index contributed by atoms with van der Waals surface area (Å²) in [5.74, 6) is 6.73. The van der Waals surface area contributed by atoms with E-state index in [1.807, 2.05) is 0 Å². The Hall–Kier alpha value is -1.05. The number of morpholine rings is 1. The average Bonchev–Trinajstić information content (AvgIpc) is 2.26. The highest BCUT2D eigenvalue weighted by atomic mass is 16.5. The van der Waals surface area contributed by atoms with Crippen molar-refractivity contribution in [1.29, 1.82) is 0 Å². The van der Waals surface area contributed by atoms with Gasteiger partial charge in [0.05, 0.1) is 19.3 Å².